The van der Waals surface area contributed by atoms with Crippen LogP contribution in [0, 0.1) is 0 Å². The Bertz CT molecular complexity index is 804. The van der Waals surface area contributed by atoms with Gasteiger partial charge in [0.05, 0.1) is 19.8 Å². The SMILES string of the molecule is COc1ccc(-c2oc([O-])c(-c3ccc(OC)cc3)[n+]2C)cc1. The van der Waals surface area contributed by atoms with E-state index in [0.29, 0.717) is 11.6 Å². The van der Waals surface area contributed by atoms with Crippen molar-refractivity contribution in [2.45, 2.75) is 0 Å². The Morgan fingerprint density at radius 1 is 0.826 bits per heavy atom. The molecule has 0 saturated carbocycles. The zero-order valence-electron chi connectivity index (χ0n) is 13.2. The van der Waals surface area contributed by atoms with E-state index >= 15 is 0 Å². The Hall–Kier alpha value is -2.95. The predicted octanol–water partition coefficient (Wildman–Crippen LogP) is 2.53. The van der Waals surface area contributed by atoms with Crippen molar-refractivity contribution in [3.8, 4) is 40.2 Å². The Labute approximate surface area is 134 Å². The number of benzene rings is 2. The van der Waals surface area contributed by atoms with Gasteiger partial charge in [-0.3, -0.25) is 0 Å². The molecule has 0 aliphatic heterocycles. The third-order valence-electron chi connectivity index (χ3n) is 3.72. The molecular formula is C18H17NO4. The normalized spacial score (nSPS) is 10.6. The molecular weight excluding hydrogens is 294 g/mol. The van der Waals surface area contributed by atoms with Crippen LogP contribution >= 0.6 is 0 Å². The zero-order chi connectivity index (χ0) is 16.4. The first-order valence-electron chi connectivity index (χ1n) is 7.12. The van der Waals surface area contributed by atoms with Crippen molar-refractivity contribution in [3.05, 3.63) is 48.5 Å². The fourth-order valence-electron chi connectivity index (χ4n) is 2.49. The molecule has 3 rings (SSSR count). The van der Waals surface area contributed by atoms with Crippen molar-refractivity contribution in [2.24, 2.45) is 7.05 Å². The van der Waals surface area contributed by atoms with Crippen molar-refractivity contribution in [3.63, 3.8) is 0 Å². The predicted molar refractivity (Wildman–Crippen MR) is 83.3 cm³/mol. The van der Waals surface area contributed by atoms with Crippen LogP contribution in [0.25, 0.3) is 22.7 Å². The number of rotatable bonds is 4. The molecule has 5 heteroatoms. The Morgan fingerprint density at radius 2 is 1.30 bits per heavy atom. The van der Waals surface area contributed by atoms with E-state index in [-0.39, 0.29) is 5.95 Å². The maximum Gasteiger partial charge on any atom is 0.269 e. The summed E-state index contributed by atoms with van der Waals surface area (Å²) in [6.45, 7) is 0. The summed E-state index contributed by atoms with van der Waals surface area (Å²) in [5, 5.41) is 12.3. The quantitative estimate of drug-likeness (QED) is 0.695. The van der Waals surface area contributed by atoms with Gasteiger partial charge in [0.25, 0.3) is 5.89 Å². The Morgan fingerprint density at radius 3 is 1.78 bits per heavy atom. The molecule has 0 N–H and O–H groups in total. The first-order chi connectivity index (χ1) is 11.1. The number of nitrogens with zero attached hydrogens (tertiary/aromatic N) is 1. The molecule has 0 saturated heterocycles. The molecule has 0 amide bonds. The van der Waals surface area contributed by atoms with E-state index in [4.69, 9.17) is 13.9 Å². The maximum absolute atomic E-state index is 12.3. The van der Waals surface area contributed by atoms with Crippen LogP contribution in [0.3, 0.4) is 0 Å². The second-order valence-electron chi connectivity index (χ2n) is 5.06. The third-order valence-corrected chi connectivity index (χ3v) is 3.72. The molecule has 0 aliphatic rings. The summed E-state index contributed by atoms with van der Waals surface area (Å²) in [5.41, 5.74) is 2.09. The summed E-state index contributed by atoms with van der Waals surface area (Å²) in [6, 6.07) is 14.7. The summed E-state index contributed by atoms with van der Waals surface area (Å²) in [6.07, 6.45) is 0. The van der Waals surface area contributed by atoms with Crippen LogP contribution in [0.5, 0.6) is 17.4 Å². The molecule has 1 heterocycles. The maximum atomic E-state index is 12.3. The van der Waals surface area contributed by atoms with Crippen LogP contribution in [-0.2, 0) is 7.05 Å². The highest BCUT2D eigenvalue weighted by Gasteiger charge is 2.21. The number of oxazole rings is 1. The lowest BCUT2D eigenvalue weighted by atomic mass is 10.1. The average Bonchev–Trinajstić information content (AvgIpc) is 2.89. The van der Waals surface area contributed by atoms with E-state index in [0.717, 1.165) is 22.6 Å². The minimum absolute atomic E-state index is 0.372. The van der Waals surface area contributed by atoms with Crippen molar-refractivity contribution in [1.82, 2.24) is 0 Å². The Balaban J connectivity index is 2.04. The molecule has 1 aromatic heterocycles. The van der Waals surface area contributed by atoms with Crippen LogP contribution in [-0.4, -0.2) is 14.2 Å². The molecule has 0 aliphatic carbocycles. The van der Waals surface area contributed by atoms with E-state index in [2.05, 4.69) is 0 Å². The molecule has 0 spiro atoms. The largest absolute Gasteiger partial charge is 0.540 e. The van der Waals surface area contributed by atoms with Crippen molar-refractivity contribution >= 4 is 0 Å². The molecule has 118 valence electrons. The number of ether oxygens (including phenoxy) is 2. The molecule has 0 atom stereocenters. The van der Waals surface area contributed by atoms with Gasteiger partial charge in [-0.1, -0.05) is 0 Å². The molecule has 3 aromatic rings. The van der Waals surface area contributed by atoms with Gasteiger partial charge < -0.3 is 19.0 Å². The number of aromatic nitrogens is 1. The van der Waals surface area contributed by atoms with Crippen LogP contribution in [0.4, 0.5) is 0 Å². The van der Waals surface area contributed by atoms with Crippen LogP contribution in [0.15, 0.2) is 52.9 Å². The summed E-state index contributed by atoms with van der Waals surface area (Å²) in [7, 11) is 5.02. The lowest BCUT2D eigenvalue weighted by Gasteiger charge is -2.02. The Kier molecular flexibility index (Phi) is 3.93. The monoisotopic (exact) mass is 311 g/mol. The molecule has 2 aromatic carbocycles. The second kappa shape index (κ2) is 6.04. The number of methoxy groups -OCH3 is 2. The molecule has 0 fully saturated rings. The van der Waals surface area contributed by atoms with E-state index in [1.807, 2.05) is 55.6 Å². The van der Waals surface area contributed by atoms with Gasteiger partial charge >= 0.3 is 0 Å². The van der Waals surface area contributed by atoms with Gasteiger partial charge in [-0.05, 0) is 48.5 Å². The van der Waals surface area contributed by atoms with E-state index < -0.39 is 0 Å². The van der Waals surface area contributed by atoms with Crippen molar-refractivity contribution in [2.75, 3.05) is 14.2 Å². The fourth-order valence-corrected chi connectivity index (χ4v) is 2.49. The smallest absolute Gasteiger partial charge is 0.269 e. The topological polar surface area (TPSA) is 58.5 Å². The highest BCUT2D eigenvalue weighted by Crippen LogP contribution is 2.31. The molecule has 23 heavy (non-hydrogen) atoms. The van der Waals surface area contributed by atoms with Gasteiger partial charge in [0.2, 0.25) is 5.69 Å². The van der Waals surface area contributed by atoms with Crippen LogP contribution in [0.1, 0.15) is 0 Å². The minimum atomic E-state index is -0.372. The molecule has 0 bridgehead atoms. The average molecular weight is 311 g/mol. The van der Waals surface area contributed by atoms with Crippen LogP contribution < -0.4 is 19.1 Å². The van der Waals surface area contributed by atoms with Crippen molar-refractivity contribution < 1.29 is 23.6 Å². The van der Waals surface area contributed by atoms with E-state index in [1.165, 1.54) is 0 Å². The van der Waals surface area contributed by atoms with Gasteiger partial charge in [-0.2, -0.15) is 4.57 Å². The lowest BCUT2D eigenvalue weighted by Crippen LogP contribution is -2.31. The van der Waals surface area contributed by atoms with Gasteiger partial charge in [0.15, 0.2) is 0 Å². The summed E-state index contributed by atoms with van der Waals surface area (Å²) < 4.78 is 17.5. The van der Waals surface area contributed by atoms with Gasteiger partial charge in [0, 0.05) is 5.56 Å². The zero-order valence-corrected chi connectivity index (χ0v) is 13.2. The first-order valence-corrected chi connectivity index (χ1v) is 7.12. The van der Waals surface area contributed by atoms with E-state index in [9.17, 15) is 5.11 Å². The van der Waals surface area contributed by atoms with Crippen LogP contribution in [0.2, 0.25) is 0 Å². The molecule has 5 nitrogen and oxygen atoms in total. The highest BCUT2D eigenvalue weighted by molar-refractivity contribution is 5.63. The van der Waals surface area contributed by atoms with Gasteiger partial charge in [0.1, 0.15) is 24.5 Å². The van der Waals surface area contributed by atoms with Crippen molar-refractivity contribution in [1.29, 1.82) is 0 Å². The number of hydrogen-bond acceptors (Lipinski definition) is 4. The minimum Gasteiger partial charge on any atom is -0.540 e. The molecule has 0 unspecified atom stereocenters. The second-order valence-corrected chi connectivity index (χ2v) is 5.06. The standard InChI is InChI=1S/C18H17NO4/c1-19-16(12-4-8-14(21-2)9-5-12)18(20)23-17(19)13-6-10-15(22-3)11-7-13/h4-11H,1-3H3. The first kappa shape index (κ1) is 15.0. The summed E-state index contributed by atoms with van der Waals surface area (Å²) in [4.78, 5) is 0. The fraction of sp³-hybridized carbons (Fsp3) is 0.167. The van der Waals surface area contributed by atoms with E-state index in [1.54, 1.807) is 18.8 Å². The van der Waals surface area contributed by atoms with Gasteiger partial charge in [-0.25, -0.2) is 0 Å². The third kappa shape index (κ3) is 2.73. The highest BCUT2D eigenvalue weighted by atomic mass is 16.5. The molecule has 0 radical (unpaired) electrons. The number of hydrogen-bond donors (Lipinski definition) is 0. The summed E-state index contributed by atoms with van der Waals surface area (Å²) in [5.74, 6) is 1.62. The lowest BCUT2D eigenvalue weighted by molar-refractivity contribution is -0.652. The van der Waals surface area contributed by atoms with Gasteiger partial charge in [-0.15, -0.1) is 0 Å². The summed E-state index contributed by atoms with van der Waals surface area (Å²) >= 11 is 0.